The molecule has 0 radical (unpaired) electrons. The summed E-state index contributed by atoms with van der Waals surface area (Å²) in [4.78, 5) is 14.1. The van der Waals surface area contributed by atoms with E-state index in [2.05, 4.69) is 6.07 Å². The summed E-state index contributed by atoms with van der Waals surface area (Å²) in [5.41, 5.74) is 0.904. The first-order chi connectivity index (χ1) is 10.0. The first-order valence-corrected chi connectivity index (χ1v) is 7.46. The Hall–Kier alpha value is -1.89. The molecule has 3 nitrogen and oxygen atoms in total. The third-order valence-corrected chi connectivity index (χ3v) is 3.83. The Morgan fingerprint density at radius 3 is 2.76 bits per heavy atom. The third kappa shape index (κ3) is 4.29. The van der Waals surface area contributed by atoms with Crippen molar-refractivity contribution in [2.24, 2.45) is 5.92 Å². The molecular weight excluding hydrogens is 267 g/mol. The molecule has 0 saturated heterocycles. The lowest BCUT2D eigenvalue weighted by atomic mass is 9.97. The molecule has 0 heterocycles. The molecular formula is C17H21FN2O. The standard InChI is InChI=1S/C17H21FN2O/c1-12(8-14-4-3-5-15(18)10-14)9-17(21)20(13(2)11-19)16-6-7-16/h3-5,10,12-13,16H,6-9H2,1-2H3. The zero-order valence-corrected chi connectivity index (χ0v) is 12.6. The molecule has 0 bridgehead atoms. The van der Waals surface area contributed by atoms with Crippen LogP contribution < -0.4 is 0 Å². The number of carbonyl (C=O) groups is 1. The number of hydrogen-bond acceptors (Lipinski definition) is 2. The van der Waals surface area contributed by atoms with Crippen molar-refractivity contribution in [3.63, 3.8) is 0 Å². The van der Waals surface area contributed by atoms with Crippen molar-refractivity contribution in [2.45, 2.75) is 51.6 Å². The molecule has 112 valence electrons. The zero-order valence-electron chi connectivity index (χ0n) is 12.6. The summed E-state index contributed by atoms with van der Waals surface area (Å²) >= 11 is 0. The highest BCUT2D eigenvalue weighted by Gasteiger charge is 2.35. The van der Waals surface area contributed by atoms with Crippen molar-refractivity contribution >= 4 is 5.91 Å². The van der Waals surface area contributed by atoms with Gasteiger partial charge in [-0.05, 0) is 49.8 Å². The Labute approximate surface area is 125 Å². The average molecular weight is 288 g/mol. The molecule has 1 saturated carbocycles. The summed E-state index contributed by atoms with van der Waals surface area (Å²) in [6.07, 6.45) is 3.06. The number of halogens is 1. The highest BCUT2D eigenvalue weighted by atomic mass is 19.1. The van der Waals surface area contributed by atoms with E-state index in [9.17, 15) is 9.18 Å². The van der Waals surface area contributed by atoms with Crippen molar-refractivity contribution in [2.75, 3.05) is 0 Å². The second-order valence-electron chi connectivity index (χ2n) is 5.98. The summed E-state index contributed by atoms with van der Waals surface area (Å²) in [5, 5.41) is 9.05. The van der Waals surface area contributed by atoms with Crippen LogP contribution in [-0.4, -0.2) is 22.9 Å². The van der Waals surface area contributed by atoms with Gasteiger partial charge >= 0.3 is 0 Å². The number of nitriles is 1. The van der Waals surface area contributed by atoms with Gasteiger partial charge in [-0.1, -0.05) is 19.1 Å². The van der Waals surface area contributed by atoms with Gasteiger partial charge < -0.3 is 4.90 Å². The molecule has 1 fully saturated rings. The largest absolute Gasteiger partial charge is 0.324 e. The van der Waals surface area contributed by atoms with Crippen LogP contribution in [0.4, 0.5) is 4.39 Å². The molecule has 0 aliphatic heterocycles. The predicted molar refractivity (Wildman–Crippen MR) is 78.8 cm³/mol. The molecule has 0 N–H and O–H groups in total. The van der Waals surface area contributed by atoms with Gasteiger partial charge in [0.05, 0.1) is 6.07 Å². The van der Waals surface area contributed by atoms with Crippen LogP contribution >= 0.6 is 0 Å². The van der Waals surface area contributed by atoms with Crippen molar-refractivity contribution in [3.05, 3.63) is 35.6 Å². The fraction of sp³-hybridized carbons (Fsp3) is 0.529. The minimum Gasteiger partial charge on any atom is -0.324 e. The topological polar surface area (TPSA) is 44.1 Å². The average Bonchev–Trinajstić information content (AvgIpc) is 3.23. The highest BCUT2D eigenvalue weighted by Crippen LogP contribution is 2.30. The van der Waals surface area contributed by atoms with Gasteiger partial charge in [0, 0.05) is 12.5 Å². The van der Waals surface area contributed by atoms with Gasteiger partial charge in [0.15, 0.2) is 0 Å². The fourth-order valence-electron chi connectivity index (χ4n) is 2.69. The normalized spacial score (nSPS) is 16.9. The summed E-state index contributed by atoms with van der Waals surface area (Å²) in [6.45, 7) is 3.76. The second kappa shape index (κ2) is 6.71. The lowest BCUT2D eigenvalue weighted by molar-refractivity contribution is -0.133. The summed E-state index contributed by atoms with van der Waals surface area (Å²) in [7, 11) is 0. The summed E-state index contributed by atoms with van der Waals surface area (Å²) in [5.74, 6) is -0.0781. The molecule has 2 rings (SSSR count). The lowest BCUT2D eigenvalue weighted by Crippen LogP contribution is -2.40. The fourth-order valence-corrected chi connectivity index (χ4v) is 2.69. The molecule has 1 aliphatic rings. The van der Waals surface area contributed by atoms with Crippen LogP contribution in [0.2, 0.25) is 0 Å². The maximum atomic E-state index is 13.2. The van der Waals surface area contributed by atoms with E-state index in [-0.39, 0.29) is 29.7 Å². The van der Waals surface area contributed by atoms with Gasteiger partial charge in [0.1, 0.15) is 11.9 Å². The molecule has 1 aromatic carbocycles. The maximum Gasteiger partial charge on any atom is 0.224 e. The number of hydrogen-bond donors (Lipinski definition) is 0. The highest BCUT2D eigenvalue weighted by molar-refractivity contribution is 5.77. The van der Waals surface area contributed by atoms with Crippen LogP contribution in [0.5, 0.6) is 0 Å². The zero-order chi connectivity index (χ0) is 15.4. The van der Waals surface area contributed by atoms with Crippen LogP contribution in [-0.2, 0) is 11.2 Å². The van der Waals surface area contributed by atoms with Crippen LogP contribution in [0.1, 0.15) is 38.7 Å². The van der Waals surface area contributed by atoms with Crippen molar-refractivity contribution in [1.29, 1.82) is 5.26 Å². The number of nitrogens with zero attached hydrogens (tertiary/aromatic N) is 2. The molecule has 2 unspecified atom stereocenters. The summed E-state index contributed by atoms with van der Waals surface area (Å²) < 4.78 is 13.2. The van der Waals surface area contributed by atoms with Crippen LogP contribution in [0.15, 0.2) is 24.3 Å². The Morgan fingerprint density at radius 2 is 2.19 bits per heavy atom. The SMILES string of the molecule is CC(CC(=O)N(C(C)C#N)C1CC1)Cc1cccc(F)c1. The van der Waals surface area contributed by atoms with Gasteiger partial charge in [0.25, 0.3) is 0 Å². The number of amides is 1. The second-order valence-corrected chi connectivity index (χ2v) is 5.98. The first kappa shape index (κ1) is 15.5. The van der Waals surface area contributed by atoms with E-state index >= 15 is 0 Å². The van der Waals surface area contributed by atoms with E-state index in [4.69, 9.17) is 5.26 Å². The van der Waals surface area contributed by atoms with E-state index in [1.165, 1.54) is 12.1 Å². The monoisotopic (exact) mass is 288 g/mol. The predicted octanol–water partition coefficient (Wildman–Crippen LogP) is 3.30. The first-order valence-electron chi connectivity index (χ1n) is 7.46. The Balaban J connectivity index is 1.93. The Kier molecular flexibility index (Phi) is 4.95. The van der Waals surface area contributed by atoms with Gasteiger partial charge in [-0.2, -0.15) is 5.26 Å². The van der Waals surface area contributed by atoms with Crippen molar-refractivity contribution < 1.29 is 9.18 Å². The number of benzene rings is 1. The van der Waals surface area contributed by atoms with Crippen molar-refractivity contribution in [1.82, 2.24) is 4.90 Å². The molecule has 2 atom stereocenters. The third-order valence-electron chi connectivity index (χ3n) is 3.83. The van der Waals surface area contributed by atoms with E-state index in [0.717, 1.165) is 18.4 Å². The van der Waals surface area contributed by atoms with Gasteiger partial charge in [-0.25, -0.2) is 4.39 Å². The Bertz CT molecular complexity index is 548. The molecule has 21 heavy (non-hydrogen) atoms. The molecule has 4 heteroatoms. The minimum absolute atomic E-state index is 0.0375. The quantitative estimate of drug-likeness (QED) is 0.806. The van der Waals surface area contributed by atoms with E-state index in [1.54, 1.807) is 17.9 Å². The Morgan fingerprint density at radius 1 is 1.48 bits per heavy atom. The molecule has 1 aliphatic carbocycles. The molecule has 0 aromatic heterocycles. The molecule has 1 aromatic rings. The van der Waals surface area contributed by atoms with Gasteiger partial charge in [-0.15, -0.1) is 0 Å². The van der Waals surface area contributed by atoms with Crippen molar-refractivity contribution in [3.8, 4) is 6.07 Å². The van der Waals surface area contributed by atoms with Gasteiger partial charge in [-0.3, -0.25) is 4.79 Å². The summed E-state index contributed by atoms with van der Waals surface area (Å²) in [6, 6.07) is 8.52. The van der Waals surface area contributed by atoms with E-state index in [0.29, 0.717) is 12.8 Å². The van der Waals surface area contributed by atoms with Crippen LogP contribution in [0.25, 0.3) is 0 Å². The minimum atomic E-state index is -0.369. The number of rotatable bonds is 6. The van der Waals surface area contributed by atoms with Gasteiger partial charge in [0.2, 0.25) is 5.91 Å². The molecule has 0 spiro atoms. The van der Waals surface area contributed by atoms with Crippen LogP contribution in [0.3, 0.4) is 0 Å². The number of carbonyl (C=O) groups excluding carboxylic acids is 1. The van der Waals surface area contributed by atoms with E-state index in [1.807, 2.05) is 13.0 Å². The molecule has 1 amide bonds. The smallest absolute Gasteiger partial charge is 0.224 e. The lowest BCUT2D eigenvalue weighted by Gasteiger charge is -2.26. The van der Waals surface area contributed by atoms with Crippen LogP contribution in [0, 0.1) is 23.1 Å². The maximum absolute atomic E-state index is 13.2. The van der Waals surface area contributed by atoms with E-state index < -0.39 is 0 Å².